The largest absolute Gasteiger partial charge is 0.295 e. The second-order valence-corrected chi connectivity index (χ2v) is 7.28. The molecule has 1 heterocycles. The number of rotatable bonds is 2. The van der Waals surface area contributed by atoms with Gasteiger partial charge in [0.25, 0.3) is 0 Å². The molecule has 3 atom stereocenters. The van der Waals surface area contributed by atoms with Crippen molar-refractivity contribution < 1.29 is 14.4 Å². The molecule has 0 spiro atoms. The molecule has 2 fully saturated rings. The minimum atomic E-state index is -0.966. The summed E-state index contributed by atoms with van der Waals surface area (Å²) in [6.45, 7) is 1.95. The van der Waals surface area contributed by atoms with E-state index in [4.69, 9.17) is 11.6 Å². The minimum absolute atomic E-state index is 0.1000. The average Bonchev–Trinajstić information content (AvgIpc) is 2.88. The summed E-state index contributed by atoms with van der Waals surface area (Å²) in [6, 6.07) is 6.75. The maximum Gasteiger partial charge on any atom is 0.244 e. The monoisotopic (exact) mass is 323 g/mol. The summed E-state index contributed by atoms with van der Waals surface area (Å²) < 4.78 is -0.966. The molecule has 1 aliphatic heterocycles. The lowest BCUT2D eigenvalue weighted by Crippen LogP contribution is -2.37. The van der Waals surface area contributed by atoms with Gasteiger partial charge in [-0.2, -0.15) is 0 Å². The van der Waals surface area contributed by atoms with Crippen LogP contribution in [-0.4, -0.2) is 21.7 Å². The van der Waals surface area contributed by atoms with E-state index in [2.05, 4.69) is 5.32 Å². The highest BCUT2D eigenvalue weighted by Gasteiger charge is 2.62. The Morgan fingerprint density at radius 3 is 2.81 bits per heavy atom. The van der Waals surface area contributed by atoms with Gasteiger partial charge in [0.15, 0.2) is 0 Å². The molecule has 2 aliphatic rings. The van der Waals surface area contributed by atoms with Gasteiger partial charge in [0.2, 0.25) is 16.9 Å². The predicted octanol–water partition coefficient (Wildman–Crippen LogP) is 2.65. The molecule has 1 saturated heterocycles. The highest BCUT2D eigenvalue weighted by Crippen LogP contribution is 2.52. The van der Waals surface area contributed by atoms with Gasteiger partial charge in [-0.1, -0.05) is 42.4 Å². The molecular formula is C15H14ClNO3S. The number of fused-ring (bicyclic) bond motifs is 1. The summed E-state index contributed by atoms with van der Waals surface area (Å²) in [5, 5.41) is 2.48. The summed E-state index contributed by atoms with van der Waals surface area (Å²) in [7, 11) is 0. The van der Waals surface area contributed by atoms with Crippen molar-refractivity contribution in [1.82, 2.24) is 5.32 Å². The molecule has 1 unspecified atom stereocenters. The van der Waals surface area contributed by atoms with Gasteiger partial charge >= 0.3 is 0 Å². The van der Waals surface area contributed by atoms with Gasteiger partial charge in [-0.15, -0.1) is 0 Å². The number of hydrogen-bond donors (Lipinski definition) is 1. The van der Waals surface area contributed by atoms with E-state index >= 15 is 0 Å². The fraction of sp³-hybridized carbons (Fsp3) is 0.400. The molecular weight excluding hydrogens is 310 g/mol. The maximum atomic E-state index is 12.5. The quantitative estimate of drug-likeness (QED) is 0.850. The van der Waals surface area contributed by atoms with Crippen molar-refractivity contribution >= 4 is 40.3 Å². The Morgan fingerprint density at radius 2 is 2.10 bits per heavy atom. The molecule has 1 N–H and O–H groups in total. The third-order valence-electron chi connectivity index (χ3n) is 4.31. The van der Waals surface area contributed by atoms with Crippen molar-refractivity contribution in [2.75, 3.05) is 0 Å². The standard InChI is InChI=1S/C15H14ClNO3S/c1-8-6-7-15(11(8)12(18)17-14(15)20)21-13(19)9-4-2-3-5-10(9)16/h2-5,8,11H,6-7H2,1H3,(H,17,18,20)/t8?,11-,15+/m0/s1. The molecule has 1 aromatic carbocycles. The highest BCUT2D eigenvalue weighted by molar-refractivity contribution is 8.16. The smallest absolute Gasteiger partial charge is 0.244 e. The van der Waals surface area contributed by atoms with Crippen LogP contribution in [0.4, 0.5) is 0 Å². The van der Waals surface area contributed by atoms with Crippen LogP contribution in [0.1, 0.15) is 30.1 Å². The number of benzene rings is 1. The van der Waals surface area contributed by atoms with Crippen molar-refractivity contribution in [3.05, 3.63) is 34.9 Å². The summed E-state index contributed by atoms with van der Waals surface area (Å²) in [6.07, 6.45) is 1.31. The van der Waals surface area contributed by atoms with Crippen LogP contribution in [0, 0.1) is 11.8 Å². The molecule has 3 rings (SSSR count). The van der Waals surface area contributed by atoms with E-state index in [9.17, 15) is 14.4 Å². The fourth-order valence-electron chi connectivity index (χ4n) is 3.25. The molecule has 0 aromatic heterocycles. The van der Waals surface area contributed by atoms with Crippen LogP contribution in [0.2, 0.25) is 5.02 Å². The van der Waals surface area contributed by atoms with Crippen LogP contribution >= 0.6 is 23.4 Å². The van der Waals surface area contributed by atoms with Crippen molar-refractivity contribution in [3.63, 3.8) is 0 Å². The molecule has 1 aliphatic carbocycles. The number of carbonyl (C=O) groups is 3. The third-order valence-corrected chi connectivity index (χ3v) is 6.06. The number of hydrogen-bond acceptors (Lipinski definition) is 4. The van der Waals surface area contributed by atoms with Gasteiger partial charge in [0.1, 0.15) is 4.75 Å². The van der Waals surface area contributed by atoms with Crippen molar-refractivity contribution in [3.8, 4) is 0 Å². The molecule has 21 heavy (non-hydrogen) atoms. The lowest BCUT2D eigenvalue weighted by Gasteiger charge is -2.24. The number of amides is 2. The normalized spacial score (nSPS) is 31.1. The van der Waals surface area contributed by atoms with Crippen LogP contribution in [0.15, 0.2) is 24.3 Å². The van der Waals surface area contributed by atoms with Gasteiger partial charge in [0, 0.05) is 5.56 Å². The molecule has 0 radical (unpaired) electrons. The zero-order chi connectivity index (χ0) is 15.2. The summed E-state index contributed by atoms with van der Waals surface area (Å²) in [4.78, 5) is 36.7. The molecule has 6 heteroatoms. The molecule has 1 aromatic rings. The number of nitrogens with one attached hydrogen (secondary N) is 1. The van der Waals surface area contributed by atoms with E-state index < -0.39 is 10.7 Å². The van der Waals surface area contributed by atoms with Crippen LogP contribution in [0.25, 0.3) is 0 Å². The van der Waals surface area contributed by atoms with Gasteiger partial charge < -0.3 is 0 Å². The lowest BCUT2D eigenvalue weighted by molar-refractivity contribution is -0.126. The van der Waals surface area contributed by atoms with E-state index in [1.165, 1.54) is 0 Å². The molecule has 2 amide bonds. The van der Waals surface area contributed by atoms with Gasteiger partial charge in [0.05, 0.1) is 10.9 Å². The Labute approximate surface area is 131 Å². The highest BCUT2D eigenvalue weighted by atomic mass is 35.5. The Kier molecular flexibility index (Phi) is 3.58. The number of thioether (sulfide) groups is 1. The van der Waals surface area contributed by atoms with Crippen LogP contribution in [0.5, 0.6) is 0 Å². The van der Waals surface area contributed by atoms with E-state index in [1.54, 1.807) is 24.3 Å². The number of imide groups is 1. The van der Waals surface area contributed by atoms with Gasteiger partial charge in [-0.3, -0.25) is 19.7 Å². The SMILES string of the molecule is CC1CC[C@]2(SC(=O)c3ccccc3Cl)C(=O)NC(=O)[C@H]12. The summed E-state index contributed by atoms with van der Waals surface area (Å²) in [5.41, 5.74) is 0.379. The second-order valence-electron chi connectivity index (χ2n) is 5.57. The number of carbonyl (C=O) groups excluding carboxylic acids is 3. The first-order valence-corrected chi connectivity index (χ1v) is 7.98. The first-order valence-electron chi connectivity index (χ1n) is 6.79. The van der Waals surface area contributed by atoms with Crippen LogP contribution in [-0.2, 0) is 9.59 Å². The van der Waals surface area contributed by atoms with Crippen molar-refractivity contribution in [2.45, 2.75) is 24.5 Å². The van der Waals surface area contributed by atoms with Crippen molar-refractivity contribution in [1.29, 1.82) is 0 Å². The Morgan fingerprint density at radius 1 is 1.38 bits per heavy atom. The lowest BCUT2D eigenvalue weighted by atomic mass is 9.92. The zero-order valence-corrected chi connectivity index (χ0v) is 13.0. The minimum Gasteiger partial charge on any atom is -0.295 e. The number of halogens is 1. The van der Waals surface area contributed by atoms with E-state index in [0.29, 0.717) is 17.0 Å². The van der Waals surface area contributed by atoms with Gasteiger partial charge in [-0.25, -0.2) is 0 Å². The molecule has 0 bridgehead atoms. The average molecular weight is 324 g/mol. The van der Waals surface area contributed by atoms with Crippen molar-refractivity contribution in [2.24, 2.45) is 11.8 Å². The molecule has 110 valence electrons. The van der Waals surface area contributed by atoms with E-state index in [0.717, 1.165) is 18.2 Å². The third kappa shape index (κ3) is 2.19. The van der Waals surface area contributed by atoms with Crippen LogP contribution < -0.4 is 5.32 Å². The van der Waals surface area contributed by atoms with Crippen LogP contribution in [0.3, 0.4) is 0 Å². The first kappa shape index (κ1) is 14.6. The summed E-state index contributed by atoms with van der Waals surface area (Å²) in [5.74, 6) is -0.929. The Hall–Kier alpha value is -1.33. The fourth-order valence-corrected chi connectivity index (χ4v) is 4.98. The Balaban J connectivity index is 1.93. The topological polar surface area (TPSA) is 63.2 Å². The second kappa shape index (κ2) is 5.14. The predicted molar refractivity (Wildman–Crippen MR) is 81.1 cm³/mol. The van der Waals surface area contributed by atoms with E-state index in [1.807, 2.05) is 6.92 Å². The van der Waals surface area contributed by atoms with E-state index in [-0.39, 0.29) is 22.8 Å². The molecule has 1 saturated carbocycles. The van der Waals surface area contributed by atoms with Gasteiger partial charge in [-0.05, 0) is 30.9 Å². The zero-order valence-electron chi connectivity index (χ0n) is 11.4. The molecule has 4 nitrogen and oxygen atoms in total. The summed E-state index contributed by atoms with van der Waals surface area (Å²) >= 11 is 6.99. The maximum absolute atomic E-state index is 12.5. The Bertz CT molecular complexity index is 648. The first-order chi connectivity index (χ1) is 9.95.